The molecule has 0 saturated carbocycles. The number of nitrogens with zero attached hydrogens (tertiary/aromatic N) is 2. The Bertz CT molecular complexity index is 764. The van der Waals surface area contributed by atoms with E-state index in [0.29, 0.717) is 28.6 Å². The normalized spacial score (nSPS) is 10.4. The van der Waals surface area contributed by atoms with Crippen LogP contribution in [0.25, 0.3) is 0 Å². The Kier molecular flexibility index (Phi) is 3.96. The molecule has 5 heteroatoms. The quantitative estimate of drug-likeness (QED) is 0.676. The van der Waals surface area contributed by atoms with E-state index >= 15 is 0 Å². The Balaban J connectivity index is 1.66. The van der Waals surface area contributed by atoms with Crippen molar-refractivity contribution in [2.75, 3.05) is 0 Å². The Labute approximate surface area is 127 Å². The predicted octanol–water partition coefficient (Wildman–Crippen LogP) is 3.19. The van der Waals surface area contributed by atoms with E-state index in [4.69, 9.17) is 9.26 Å². The average molecular weight is 294 g/mol. The van der Waals surface area contributed by atoms with Gasteiger partial charge in [-0.1, -0.05) is 35.5 Å². The molecule has 0 unspecified atom stereocenters. The molecule has 0 atom stereocenters. The molecule has 110 valence electrons. The van der Waals surface area contributed by atoms with Crippen molar-refractivity contribution in [3.8, 4) is 5.75 Å². The van der Waals surface area contributed by atoms with Crippen LogP contribution in [-0.4, -0.2) is 15.9 Å². The van der Waals surface area contributed by atoms with Crippen LogP contribution in [0.5, 0.6) is 5.75 Å². The molecule has 3 aromatic rings. The van der Waals surface area contributed by atoms with Crippen LogP contribution in [0.4, 0.5) is 0 Å². The Hall–Kier alpha value is -2.95. The largest absolute Gasteiger partial charge is 0.484 e. The van der Waals surface area contributed by atoms with Gasteiger partial charge in [-0.2, -0.15) is 4.98 Å². The minimum Gasteiger partial charge on any atom is -0.484 e. The van der Waals surface area contributed by atoms with Crippen LogP contribution >= 0.6 is 0 Å². The van der Waals surface area contributed by atoms with Crippen molar-refractivity contribution in [2.24, 2.45) is 0 Å². The number of benzene rings is 2. The van der Waals surface area contributed by atoms with Crippen LogP contribution in [0.15, 0.2) is 59.1 Å². The number of ketones is 1. The summed E-state index contributed by atoms with van der Waals surface area (Å²) in [5.41, 5.74) is 1.28. The minimum atomic E-state index is -0.0142. The summed E-state index contributed by atoms with van der Waals surface area (Å²) in [5.74, 6) is 1.62. The summed E-state index contributed by atoms with van der Waals surface area (Å²) in [4.78, 5) is 16.3. The van der Waals surface area contributed by atoms with Gasteiger partial charge in [0.1, 0.15) is 5.75 Å². The first-order valence-electron chi connectivity index (χ1n) is 6.84. The average Bonchev–Trinajstić information content (AvgIpc) is 2.99. The molecule has 0 bridgehead atoms. The van der Waals surface area contributed by atoms with Gasteiger partial charge >= 0.3 is 0 Å². The second-order valence-corrected chi connectivity index (χ2v) is 4.74. The molecule has 0 N–H and O–H groups in total. The molecular formula is C17H14N2O3. The molecule has 0 saturated heterocycles. The first-order chi connectivity index (χ1) is 10.7. The molecular weight excluding hydrogens is 280 g/mol. The van der Waals surface area contributed by atoms with Crippen molar-refractivity contribution < 1.29 is 14.1 Å². The van der Waals surface area contributed by atoms with E-state index in [9.17, 15) is 4.79 Å². The second-order valence-electron chi connectivity index (χ2n) is 4.74. The predicted molar refractivity (Wildman–Crippen MR) is 79.7 cm³/mol. The van der Waals surface area contributed by atoms with Crippen molar-refractivity contribution in [3.05, 3.63) is 77.4 Å². The number of rotatable bonds is 5. The van der Waals surface area contributed by atoms with Gasteiger partial charge in [-0.25, -0.2) is 0 Å². The molecule has 0 aliphatic rings. The fourth-order valence-corrected chi connectivity index (χ4v) is 2.00. The van der Waals surface area contributed by atoms with E-state index in [1.807, 2.05) is 18.2 Å². The highest BCUT2D eigenvalue weighted by Crippen LogP contribution is 2.16. The second kappa shape index (κ2) is 6.22. The zero-order valence-corrected chi connectivity index (χ0v) is 12.0. The third kappa shape index (κ3) is 3.20. The van der Waals surface area contributed by atoms with E-state index < -0.39 is 0 Å². The number of hydrogen-bond acceptors (Lipinski definition) is 5. The Morgan fingerprint density at radius 3 is 2.36 bits per heavy atom. The third-order valence-electron chi connectivity index (χ3n) is 3.08. The SMILES string of the molecule is Cc1noc(COc2ccc(C(=O)c3ccccc3)cc2)n1. The van der Waals surface area contributed by atoms with Gasteiger partial charge in [0.2, 0.25) is 0 Å². The maximum Gasteiger partial charge on any atom is 0.264 e. The molecule has 22 heavy (non-hydrogen) atoms. The highest BCUT2D eigenvalue weighted by Gasteiger charge is 2.09. The van der Waals surface area contributed by atoms with E-state index in [1.165, 1.54) is 0 Å². The summed E-state index contributed by atoms with van der Waals surface area (Å²) in [6, 6.07) is 16.1. The van der Waals surface area contributed by atoms with Gasteiger partial charge in [0, 0.05) is 11.1 Å². The first-order valence-corrected chi connectivity index (χ1v) is 6.84. The third-order valence-corrected chi connectivity index (χ3v) is 3.08. The van der Waals surface area contributed by atoms with Gasteiger partial charge in [-0.05, 0) is 31.2 Å². The monoisotopic (exact) mass is 294 g/mol. The topological polar surface area (TPSA) is 65.2 Å². The maximum atomic E-state index is 12.3. The number of aryl methyl sites for hydroxylation is 1. The van der Waals surface area contributed by atoms with Crippen molar-refractivity contribution in [1.29, 1.82) is 0 Å². The molecule has 5 nitrogen and oxygen atoms in total. The summed E-state index contributed by atoms with van der Waals surface area (Å²) < 4.78 is 10.5. The van der Waals surface area contributed by atoms with E-state index in [2.05, 4.69) is 10.1 Å². The molecule has 0 radical (unpaired) electrons. The summed E-state index contributed by atoms with van der Waals surface area (Å²) in [7, 11) is 0. The Morgan fingerprint density at radius 2 is 1.73 bits per heavy atom. The molecule has 0 spiro atoms. The van der Waals surface area contributed by atoms with Crippen molar-refractivity contribution in [3.63, 3.8) is 0 Å². The summed E-state index contributed by atoms with van der Waals surface area (Å²) >= 11 is 0. The highest BCUT2D eigenvalue weighted by molar-refractivity contribution is 6.08. The van der Waals surface area contributed by atoms with Crippen LogP contribution in [0.2, 0.25) is 0 Å². The number of aromatic nitrogens is 2. The number of carbonyl (C=O) groups is 1. The molecule has 0 amide bonds. The van der Waals surface area contributed by atoms with Crippen LogP contribution < -0.4 is 4.74 Å². The van der Waals surface area contributed by atoms with Crippen LogP contribution in [-0.2, 0) is 6.61 Å². The first kappa shape index (κ1) is 14.0. The maximum absolute atomic E-state index is 12.3. The van der Waals surface area contributed by atoms with Crippen molar-refractivity contribution in [2.45, 2.75) is 13.5 Å². The fourth-order valence-electron chi connectivity index (χ4n) is 2.00. The van der Waals surface area contributed by atoms with E-state index in [-0.39, 0.29) is 12.4 Å². The van der Waals surface area contributed by atoms with Gasteiger partial charge in [0.25, 0.3) is 5.89 Å². The van der Waals surface area contributed by atoms with Crippen LogP contribution in [0.1, 0.15) is 27.6 Å². The lowest BCUT2D eigenvalue weighted by Gasteiger charge is -2.05. The molecule has 1 heterocycles. The molecule has 1 aromatic heterocycles. The van der Waals surface area contributed by atoms with Gasteiger partial charge < -0.3 is 9.26 Å². The van der Waals surface area contributed by atoms with E-state index in [0.717, 1.165) is 0 Å². The summed E-state index contributed by atoms with van der Waals surface area (Å²) in [6.45, 7) is 1.95. The molecule has 2 aromatic carbocycles. The van der Waals surface area contributed by atoms with Gasteiger partial charge in [-0.3, -0.25) is 4.79 Å². The minimum absolute atomic E-state index is 0.0142. The highest BCUT2D eigenvalue weighted by atomic mass is 16.5. The summed E-state index contributed by atoms with van der Waals surface area (Å²) in [5, 5.41) is 3.69. The van der Waals surface area contributed by atoms with Crippen molar-refractivity contribution in [1.82, 2.24) is 10.1 Å². The molecule has 0 aliphatic heterocycles. The number of hydrogen-bond donors (Lipinski definition) is 0. The standard InChI is InChI=1S/C17H14N2O3/c1-12-18-16(22-19-12)11-21-15-9-7-14(8-10-15)17(20)13-5-3-2-4-6-13/h2-10H,11H2,1H3. The van der Waals surface area contributed by atoms with Gasteiger partial charge in [-0.15, -0.1) is 0 Å². The van der Waals surface area contributed by atoms with Gasteiger partial charge in [0.05, 0.1) is 0 Å². The Morgan fingerprint density at radius 1 is 1.05 bits per heavy atom. The van der Waals surface area contributed by atoms with Crippen LogP contribution in [0.3, 0.4) is 0 Å². The fraction of sp³-hybridized carbons (Fsp3) is 0.118. The van der Waals surface area contributed by atoms with Crippen molar-refractivity contribution >= 4 is 5.78 Å². The number of carbonyl (C=O) groups excluding carboxylic acids is 1. The summed E-state index contributed by atoms with van der Waals surface area (Å²) in [6.07, 6.45) is 0. The molecule has 0 aliphatic carbocycles. The lowest BCUT2D eigenvalue weighted by molar-refractivity contribution is 0.103. The molecule has 0 fully saturated rings. The zero-order chi connectivity index (χ0) is 15.4. The van der Waals surface area contributed by atoms with Crippen LogP contribution in [0, 0.1) is 6.92 Å². The molecule has 3 rings (SSSR count). The number of ether oxygens (including phenoxy) is 1. The van der Waals surface area contributed by atoms with E-state index in [1.54, 1.807) is 43.3 Å². The smallest absolute Gasteiger partial charge is 0.264 e. The van der Waals surface area contributed by atoms with Gasteiger partial charge in [0.15, 0.2) is 18.2 Å². The lowest BCUT2D eigenvalue weighted by Crippen LogP contribution is -2.01. The lowest BCUT2D eigenvalue weighted by atomic mass is 10.0. The zero-order valence-electron chi connectivity index (χ0n) is 12.0.